The molecular weight excluding hydrogens is 1270 g/mol. The standard InChI is InChI=1S/C7H10N2.C7H9N.6C6H8N2.C6H7NO.4C5H6N2/c1-5-4-6(2)9-7(3)8-5;1-6-3-4-8-7(2)5-6;1-5-3-8-6(2)4-7-5;1-5-3-6(2)8-4-7-5;2*1-5-3-7-6(2)8-4-5;2*1-5-3-4-7-6(2)8-5;1-6-2-4-7(8)5-3-6;1-5-2-6-4-7-3-5;1-5-4-6-2-3-7-5;1-5-2-3-6-4-7-5;1-5-6-3-2-4-7-5/h4H,1-3H3;3-5H,1-2H3;6*3-4H,1-2H3;2-5H,1H3;4*2-4H,1H3. The van der Waals surface area contributed by atoms with Crippen molar-refractivity contribution in [1.29, 1.82) is 0 Å². The summed E-state index contributed by atoms with van der Waals surface area (Å²) in [6.45, 7) is 42.6. The number of hydrogen-bond donors (Lipinski definition) is 0. The van der Waals surface area contributed by atoms with Gasteiger partial charge in [-0.1, -0.05) is 0 Å². The van der Waals surface area contributed by atoms with E-state index in [9.17, 15) is 5.21 Å². The lowest BCUT2D eigenvalue weighted by atomic mass is 10.3. The van der Waals surface area contributed by atoms with Crippen molar-refractivity contribution < 1.29 is 4.73 Å². The molecule has 0 amide bonds. The molecule has 0 aliphatic rings. The molecule has 0 bridgehead atoms. The third-order valence-corrected chi connectivity index (χ3v) is 11.4. The van der Waals surface area contributed by atoms with Crippen molar-refractivity contribution in [2.24, 2.45) is 0 Å². The van der Waals surface area contributed by atoms with Crippen molar-refractivity contribution in [3.8, 4) is 0 Å². The smallest absolute Gasteiger partial charge is 0.180 e. The Morgan fingerprint density at radius 1 is 0.218 bits per heavy atom. The largest absolute Gasteiger partial charge is 0.619 e. The molecule has 0 saturated carbocycles. The topological polar surface area (TPSA) is 323 Å². The zero-order valence-electron chi connectivity index (χ0n) is 62.6. The van der Waals surface area contributed by atoms with E-state index >= 15 is 0 Å². The minimum atomic E-state index is 0.771. The van der Waals surface area contributed by atoms with E-state index in [2.05, 4.69) is 128 Å². The summed E-state index contributed by atoms with van der Waals surface area (Å²) in [5.74, 6) is 5.01. The van der Waals surface area contributed by atoms with E-state index in [1.165, 1.54) is 30.6 Å². The van der Waals surface area contributed by atoms with Crippen LogP contribution in [0.1, 0.15) is 125 Å². The molecule has 13 heterocycles. The lowest BCUT2D eigenvalue weighted by Crippen LogP contribution is -2.23. The maximum absolute atomic E-state index is 10.3. The molecule has 0 aliphatic heterocycles. The van der Waals surface area contributed by atoms with E-state index in [-0.39, 0.29) is 0 Å². The van der Waals surface area contributed by atoms with Gasteiger partial charge >= 0.3 is 0 Å². The summed E-state index contributed by atoms with van der Waals surface area (Å²) in [7, 11) is 0. The van der Waals surface area contributed by atoms with Crippen molar-refractivity contribution in [3.63, 3.8) is 0 Å². The van der Waals surface area contributed by atoms with Crippen LogP contribution in [0.4, 0.5) is 0 Å². The van der Waals surface area contributed by atoms with Crippen molar-refractivity contribution >= 4 is 0 Å². The second-order valence-corrected chi connectivity index (χ2v) is 22.0. The predicted molar refractivity (Wildman–Crippen MR) is 396 cm³/mol. The molecule has 25 nitrogen and oxygen atoms in total. The van der Waals surface area contributed by atoms with Crippen LogP contribution in [0.5, 0.6) is 0 Å². The first-order valence-electron chi connectivity index (χ1n) is 31.8. The van der Waals surface area contributed by atoms with Gasteiger partial charge < -0.3 is 5.21 Å². The summed E-state index contributed by atoms with van der Waals surface area (Å²) in [6.07, 6.45) is 37.5. The van der Waals surface area contributed by atoms with E-state index in [1.54, 1.807) is 98.9 Å². The highest BCUT2D eigenvalue weighted by Crippen LogP contribution is 1.99. The molecule has 528 valence electrons. The van der Waals surface area contributed by atoms with E-state index in [0.29, 0.717) is 0 Å². The first-order valence-corrected chi connectivity index (χ1v) is 31.8. The highest BCUT2D eigenvalue weighted by molar-refractivity contribution is 5.13. The van der Waals surface area contributed by atoms with Crippen LogP contribution in [0.25, 0.3) is 0 Å². The molecule has 0 radical (unpaired) electrons. The second kappa shape index (κ2) is 53.1. The van der Waals surface area contributed by atoms with Crippen LogP contribution in [-0.2, 0) is 0 Å². The normalized spacial score (nSPS) is 9.13. The van der Waals surface area contributed by atoms with E-state index in [0.717, 1.165) is 125 Å². The number of pyridine rings is 2. The summed E-state index contributed by atoms with van der Waals surface area (Å²) >= 11 is 0. The molecule has 0 fully saturated rings. The van der Waals surface area contributed by atoms with Gasteiger partial charge in [0.25, 0.3) is 0 Å². The number of aryl methyl sites for hydroxylation is 22. The van der Waals surface area contributed by atoms with Gasteiger partial charge in [0.2, 0.25) is 0 Å². The molecule has 0 unspecified atom stereocenters. The third-order valence-electron chi connectivity index (χ3n) is 11.4. The maximum atomic E-state index is 10.3. The third kappa shape index (κ3) is 51.9. The molecule has 0 atom stereocenters. The Hall–Kier alpha value is -12.0. The van der Waals surface area contributed by atoms with Crippen LogP contribution in [0.2, 0.25) is 0 Å². The van der Waals surface area contributed by atoms with Gasteiger partial charge in [0.15, 0.2) is 12.4 Å². The summed E-state index contributed by atoms with van der Waals surface area (Å²) in [5.41, 5.74) is 16.9. The molecule has 101 heavy (non-hydrogen) atoms. The van der Waals surface area contributed by atoms with Gasteiger partial charge in [0, 0.05) is 163 Å². The van der Waals surface area contributed by atoms with Crippen LogP contribution in [0.3, 0.4) is 0 Å². The van der Waals surface area contributed by atoms with E-state index in [1.807, 2.05) is 213 Å². The van der Waals surface area contributed by atoms with Crippen molar-refractivity contribution in [3.05, 3.63) is 328 Å². The fraction of sp³-hybridized carbons (Fsp3) is 0.289. The average Bonchev–Trinajstić information content (AvgIpc) is 1.45. The quantitative estimate of drug-likeness (QED) is 0.101. The van der Waals surface area contributed by atoms with E-state index in [4.69, 9.17) is 0 Å². The molecule has 0 spiro atoms. The summed E-state index contributed by atoms with van der Waals surface area (Å²) < 4.78 is 0.771. The van der Waals surface area contributed by atoms with Crippen molar-refractivity contribution in [1.82, 2.24) is 115 Å². The molecule has 13 rings (SSSR count). The van der Waals surface area contributed by atoms with Crippen molar-refractivity contribution in [2.75, 3.05) is 0 Å². The molecular formula is C76H98N24O. The Morgan fingerprint density at radius 2 is 0.614 bits per heavy atom. The van der Waals surface area contributed by atoms with Crippen LogP contribution < -0.4 is 4.73 Å². The molecule has 13 aromatic rings. The van der Waals surface area contributed by atoms with Crippen LogP contribution in [0, 0.1) is 158 Å². The molecule has 0 saturated heterocycles. The van der Waals surface area contributed by atoms with Crippen molar-refractivity contribution in [2.45, 2.75) is 152 Å². The monoisotopic (exact) mass is 1360 g/mol. The molecule has 0 N–H and O–H groups in total. The van der Waals surface area contributed by atoms with Gasteiger partial charge in [0.1, 0.15) is 53.9 Å². The number of aromatic nitrogens is 24. The molecule has 0 aromatic carbocycles. The summed E-state index contributed by atoms with van der Waals surface area (Å²) in [4.78, 5) is 90.7. The fourth-order valence-corrected chi connectivity index (χ4v) is 6.66. The zero-order valence-corrected chi connectivity index (χ0v) is 62.6. The van der Waals surface area contributed by atoms with Crippen LogP contribution >= 0.6 is 0 Å². The van der Waals surface area contributed by atoms with Gasteiger partial charge in [0.05, 0.1) is 17.1 Å². The zero-order chi connectivity index (χ0) is 75.2. The van der Waals surface area contributed by atoms with Gasteiger partial charge in [-0.25, -0.2) is 89.7 Å². The maximum Gasteiger partial charge on any atom is 0.180 e. The number of hydrogen-bond acceptors (Lipinski definition) is 24. The SMILES string of the molecule is Cc1cc(C)nc(C)n1.Cc1cc(C)ncn1.Cc1cc[n+]([O-])cc1.Cc1ccnc(C)c1.Cc1ccnc(C)n1.Cc1ccnc(C)n1.Cc1ccncn1.Cc1cnc(C)cn1.Cc1cnc(C)nc1.Cc1cnc(C)nc1.Cc1cnccn1.Cc1cncnc1.Cc1ncccn1. The average molecular weight is 1360 g/mol. The lowest BCUT2D eigenvalue weighted by Gasteiger charge is -1.95. The van der Waals surface area contributed by atoms with Gasteiger partial charge in [-0.05, 0) is 229 Å². The molecule has 25 heteroatoms. The number of nitrogens with zero attached hydrogens (tertiary/aromatic N) is 24. The van der Waals surface area contributed by atoms with Gasteiger partial charge in [-0.3, -0.25) is 24.9 Å². The number of rotatable bonds is 0. The Bertz CT molecular complexity index is 3490. The lowest BCUT2D eigenvalue weighted by molar-refractivity contribution is -0.605. The highest BCUT2D eigenvalue weighted by atomic mass is 16.5. The minimum Gasteiger partial charge on any atom is -0.619 e. The van der Waals surface area contributed by atoms with Gasteiger partial charge in [-0.2, -0.15) is 4.73 Å². The first-order chi connectivity index (χ1) is 48.1. The Labute approximate surface area is 596 Å². The van der Waals surface area contributed by atoms with Crippen LogP contribution in [-0.4, -0.2) is 115 Å². The predicted octanol–water partition coefficient (Wildman–Crippen LogP) is 13.4. The Balaban J connectivity index is 0.000000547. The van der Waals surface area contributed by atoms with E-state index < -0.39 is 0 Å². The second-order valence-electron chi connectivity index (χ2n) is 22.0. The molecule has 0 aliphatic carbocycles. The Kier molecular flexibility index (Phi) is 45.7. The highest BCUT2D eigenvalue weighted by Gasteiger charge is 1.92. The fourth-order valence-electron chi connectivity index (χ4n) is 6.66. The summed E-state index contributed by atoms with van der Waals surface area (Å²) in [6, 6.07) is 18.9. The first kappa shape index (κ1) is 87.0. The molecule has 13 aromatic heterocycles. The summed E-state index contributed by atoms with van der Waals surface area (Å²) in [5, 5.41) is 10.3. The van der Waals surface area contributed by atoms with Crippen LogP contribution in [0.15, 0.2) is 197 Å². The Morgan fingerprint density at radius 3 is 0.881 bits per heavy atom. The van der Waals surface area contributed by atoms with Gasteiger partial charge in [-0.15, -0.1) is 0 Å². The minimum absolute atomic E-state index is 0.771.